The quantitative estimate of drug-likeness (QED) is 0.492. The van der Waals surface area contributed by atoms with Crippen LogP contribution in [0.1, 0.15) is 51.7 Å². The summed E-state index contributed by atoms with van der Waals surface area (Å²) in [5.74, 6) is -1.13. The maximum absolute atomic E-state index is 12.8. The molecule has 0 N–H and O–H groups in total. The van der Waals surface area contributed by atoms with Crippen molar-refractivity contribution in [2.24, 2.45) is 5.92 Å². The lowest BCUT2D eigenvalue weighted by molar-refractivity contribution is -0.400. The molecule has 1 aromatic carbocycles. The highest BCUT2D eigenvalue weighted by molar-refractivity contribution is 5.25. The van der Waals surface area contributed by atoms with Crippen LogP contribution in [0.15, 0.2) is 24.3 Å². The van der Waals surface area contributed by atoms with Gasteiger partial charge in [-0.3, -0.25) is 0 Å². The summed E-state index contributed by atoms with van der Waals surface area (Å²) in [4.78, 5) is 0. The molecular weight excluding hydrogens is 333 g/mol. The lowest BCUT2D eigenvalue weighted by Gasteiger charge is -2.37. The van der Waals surface area contributed by atoms with Gasteiger partial charge in [0.25, 0.3) is 5.97 Å². The van der Waals surface area contributed by atoms with Crippen LogP contribution in [-0.4, -0.2) is 25.8 Å². The largest absolute Gasteiger partial charge is 0.416 e. The van der Waals surface area contributed by atoms with E-state index in [2.05, 4.69) is 0 Å². The zero-order valence-electron chi connectivity index (χ0n) is 15.5. The summed E-state index contributed by atoms with van der Waals surface area (Å²) in [5.41, 5.74) is 0.0715. The fourth-order valence-electron chi connectivity index (χ4n) is 2.85. The SMILES string of the molecule is CCOC(OCC)(OCC)C(C)CCCc1cccc(C(F)(F)F)c1. The minimum absolute atomic E-state index is 0.0434. The van der Waals surface area contributed by atoms with Crippen molar-refractivity contribution in [3.63, 3.8) is 0 Å². The van der Waals surface area contributed by atoms with Crippen LogP contribution in [0, 0.1) is 5.92 Å². The van der Waals surface area contributed by atoms with Crippen molar-refractivity contribution in [3.8, 4) is 0 Å². The van der Waals surface area contributed by atoms with Crippen molar-refractivity contribution in [1.82, 2.24) is 0 Å². The molecule has 1 aromatic rings. The first-order valence-corrected chi connectivity index (χ1v) is 8.87. The summed E-state index contributed by atoms with van der Waals surface area (Å²) < 4.78 is 55.6. The zero-order valence-corrected chi connectivity index (χ0v) is 15.5. The summed E-state index contributed by atoms with van der Waals surface area (Å²) in [6.45, 7) is 8.98. The smallest absolute Gasteiger partial charge is 0.328 e. The van der Waals surface area contributed by atoms with Gasteiger partial charge in [0.05, 0.1) is 5.56 Å². The second-order valence-corrected chi connectivity index (χ2v) is 5.89. The number of aryl methyl sites for hydroxylation is 1. The molecule has 1 rings (SSSR count). The van der Waals surface area contributed by atoms with E-state index in [1.165, 1.54) is 12.1 Å². The first kappa shape index (κ1) is 21.9. The Balaban J connectivity index is 2.69. The van der Waals surface area contributed by atoms with E-state index in [0.29, 0.717) is 31.8 Å². The molecule has 0 aromatic heterocycles. The highest BCUT2D eigenvalue weighted by Crippen LogP contribution is 2.31. The van der Waals surface area contributed by atoms with Crippen LogP contribution in [0.4, 0.5) is 13.2 Å². The molecule has 1 atom stereocenters. The minimum atomic E-state index is -4.31. The third-order valence-corrected chi connectivity index (χ3v) is 4.00. The van der Waals surface area contributed by atoms with Gasteiger partial charge in [-0.25, -0.2) is 0 Å². The van der Waals surface area contributed by atoms with E-state index in [4.69, 9.17) is 14.2 Å². The average molecular weight is 362 g/mol. The number of hydrogen-bond acceptors (Lipinski definition) is 3. The zero-order chi connectivity index (χ0) is 18.9. The number of ether oxygens (including phenoxy) is 3. The molecule has 0 aliphatic rings. The van der Waals surface area contributed by atoms with Crippen LogP contribution < -0.4 is 0 Å². The van der Waals surface area contributed by atoms with Crippen molar-refractivity contribution in [3.05, 3.63) is 35.4 Å². The van der Waals surface area contributed by atoms with Crippen LogP contribution in [-0.2, 0) is 26.8 Å². The number of hydrogen-bond donors (Lipinski definition) is 0. The van der Waals surface area contributed by atoms with Gasteiger partial charge in [-0.1, -0.05) is 25.1 Å². The molecule has 0 aliphatic carbocycles. The van der Waals surface area contributed by atoms with E-state index in [1.807, 2.05) is 27.7 Å². The highest BCUT2D eigenvalue weighted by Gasteiger charge is 2.39. The van der Waals surface area contributed by atoms with Crippen LogP contribution in [0.3, 0.4) is 0 Å². The summed E-state index contributed by atoms with van der Waals surface area (Å²) >= 11 is 0. The van der Waals surface area contributed by atoms with Gasteiger partial charge in [-0.2, -0.15) is 13.2 Å². The molecule has 25 heavy (non-hydrogen) atoms. The monoisotopic (exact) mass is 362 g/mol. The molecule has 0 saturated heterocycles. The Bertz CT molecular complexity index is 486. The van der Waals surface area contributed by atoms with E-state index in [0.717, 1.165) is 18.9 Å². The normalized spacial score (nSPS) is 13.9. The Hall–Kier alpha value is -1.11. The van der Waals surface area contributed by atoms with Crippen molar-refractivity contribution < 1.29 is 27.4 Å². The standard InChI is InChI=1S/C19H29F3O3/c1-5-23-19(24-6-2,25-7-3)15(4)10-8-11-16-12-9-13-17(14-16)18(20,21)22/h9,12-15H,5-8,10-11H2,1-4H3. The molecule has 1 unspecified atom stereocenters. The van der Waals surface area contributed by atoms with E-state index in [1.54, 1.807) is 6.07 Å². The van der Waals surface area contributed by atoms with E-state index < -0.39 is 17.7 Å². The molecule has 0 heterocycles. The second-order valence-electron chi connectivity index (χ2n) is 5.89. The van der Waals surface area contributed by atoms with Crippen LogP contribution in [0.25, 0.3) is 0 Å². The Labute approximate surface area is 148 Å². The number of halogens is 3. The van der Waals surface area contributed by atoms with Crippen molar-refractivity contribution in [2.75, 3.05) is 19.8 Å². The molecule has 0 bridgehead atoms. The van der Waals surface area contributed by atoms with Gasteiger partial charge in [-0.05, 0) is 51.7 Å². The summed E-state index contributed by atoms with van der Waals surface area (Å²) in [7, 11) is 0. The Morgan fingerprint density at radius 3 is 2.00 bits per heavy atom. The first-order valence-electron chi connectivity index (χ1n) is 8.87. The van der Waals surface area contributed by atoms with Crippen molar-refractivity contribution >= 4 is 0 Å². The summed E-state index contributed by atoms with van der Waals surface area (Å²) in [5, 5.41) is 0. The van der Waals surface area contributed by atoms with Gasteiger partial charge in [0.1, 0.15) is 0 Å². The molecule has 0 saturated carbocycles. The molecular formula is C19H29F3O3. The summed E-state index contributed by atoms with van der Waals surface area (Å²) in [6, 6.07) is 5.48. The van der Waals surface area contributed by atoms with Crippen LogP contribution >= 0.6 is 0 Å². The highest BCUT2D eigenvalue weighted by atomic mass is 19.4. The molecule has 0 aliphatic heterocycles. The molecule has 0 spiro atoms. The van der Waals surface area contributed by atoms with Crippen molar-refractivity contribution in [1.29, 1.82) is 0 Å². The number of benzene rings is 1. The van der Waals surface area contributed by atoms with Crippen LogP contribution in [0.5, 0.6) is 0 Å². The van der Waals surface area contributed by atoms with Gasteiger partial charge in [0, 0.05) is 25.7 Å². The van der Waals surface area contributed by atoms with Gasteiger partial charge in [0.15, 0.2) is 0 Å². The molecule has 144 valence electrons. The predicted octanol–water partition coefficient (Wildman–Crippen LogP) is 5.43. The maximum atomic E-state index is 12.8. The fourth-order valence-corrected chi connectivity index (χ4v) is 2.85. The molecule has 6 heteroatoms. The van der Waals surface area contributed by atoms with Gasteiger partial charge in [0.2, 0.25) is 0 Å². The van der Waals surface area contributed by atoms with Gasteiger partial charge in [-0.15, -0.1) is 0 Å². The lowest BCUT2D eigenvalue weighted by atomic mass is 9.98. The summed E-state index contributed by atoms with van der Waals surface area (Å²) in [6.07, 6.45) is -2.31. The average Bonchev–Trinajstić information content (AvgIpc) is 2.55. The lowest BCUT2D eigenvalue weighted by Crippen LogP contribution is -2.45. The fraction of sp³-hybridized carbons (Fsp3) is 0.684. The topological polar surface area (TPSA) is 27.7 Å². The van der Waals surface area contributed by atoms with Gasteiger partial charge < -0.3 is 14.2 Å². The number of rotatable bonds is 11. The molecule has 0 fully saturated rings. The second kappa shape index (κ2) is 10.1. The molecule has 0 radical (unpaired) electrons. The molecule has 3 nitrogen and oxygen atoms in total. The van der Waals surface area contributed by atoms with E-state index in [9.17, 15) is 13.2 Å². The Kier molecular flexibility index (Phi) is 8.89. The first-order chi connectivity index (χ1) is 11.8. The third kappa shape index (κ3) is 6.60. The van der Waals surface area contributed by atoms with Gasteiger partial charge >= 0.3 is 6.18 Å². The third-order valence-electron chi connectivity index (χ3n) is 4.00. The Morgan fingerprint density at radius 1 is 0.960 bits per heavy atom. The number of alkyl halides is 3. The van der Waals surface area contributed by atoms with E-state index in [-0.39, 0.29) is 5.92 Å². The predicted molar refractivity (Wildman–Crippen MR) is 91.2 cm³/mol. The molecule has 0 amide bonds. The minimum Gasteiger partial charge on any atom is -0.328 e. The van der Waals surface area contributed by atoms with E-state index >= 15 is 0 Å². The van der Waals surface area contributed by atoms with Crippen molar-refractivity contribution in [2.45, 2.75) is 59.1 Å². The Morgan fingerprint density at radius 2 is 1.52 bits per heavy atom. The maximum Gasteiger partial charge on any atom is 0.416 e. The van der Waals surface area contributed by atoms with Crippen LogP contribution in [0.2, 0.25) is 0 Å².